The van der Waals surface area contributed by atoms with Crippen molar-refractivity contribution < 1.29 is 37.7 Å². The number of morpholine rings is 1. The quantitative estimate of drug-likeness (QED) is 0.280. The molecule has 0 radical (unpaired) electrons. The summed E-state index contributed by atoms with van der Waals surface area (Å²) in [6, 6.07) is 15.4. The van der Waals surface area contributed by atoms with Crippen molar-refractivity contribution in [2.75, 3.05) is 32.8 Å². The molecule has 0 bridgehead atoms. The maximum Gasteiger partial charge on any atom is 0.407 e. The number of benzene rings is 2. The van der Waals surface area contributed by atoms with E-state index in [0.717, 1.165) is 5.56 Å². The van der Waals surface area contributed by atoms with E-state index in [1.165, 1.54) is 51.0 Å². The minimum absolute atomic E-state index is 0.0155. The smallest absolute Gasteiger partial charge is 0.407 e. The lowest BCUT2D eigenvalue weighted by Gasteiger charge is -2.39. The van der Waals surface area contributed by atoms with Crippen molar-refractivity contribution in [3.05, 3.63) is 93.6 Å². The van der Waals surface area contributed by atoms with E-state index in [4.69, 9.17) is 16.3 Å². The van der Waals surface area contributed by atoms with Gasteiger partial charge >= 0.3 is 12.3 Å². The SMILES string of the molecule is O=C(CC(c1ccccc1)C(F)(F)F)N1CCC(O)(Cn2cnc3c(cc(Cl)n3-c3ccc(C4COCCN4C(=O)O)cc3)c2=O)CC1. The van der Waals surface area contributed by atoms with E-state index in [2.05, 4.69) is 4.98 Å². The molecule has 2 atom stereocenters. The molecule has 2 aromatic heterocycles. The second-order valence-corrected chi connectivity index (χ2v) is 12.6. The molecule has 2 unspecified atom stereocenters. The fourth-order valence-corrected chi connectivity index (χ4v) is 6.74. The molecule has 48 heavy (non-hydrogen) atoms. The molecule has 4 heterocycles. The zero-order chi connectivity index (χ0) is 34.2. The number of halogens is 4. The van der Waals surface area contributed by atoms with E-state index >= 15 is 0 Å². The summed E-state index contributed by atoms with van der Waals surface area (Å²) < 4.78 is 49.8. The molecule has 4 aromatic rings. The molecule has 2 fully saturated rings. The summed E-state index contributed by atoms with van der Waals surface area (Å²) in [6.07, 6.45) is -4.94. The molecule has 2 saturated heterocycles. The molecular weight excluding hydrogens is 655 g/mol. The maximum absolute atomic E-state index is 13.8. The Bertz CT molecular complexity index is 1860. The average molecular weight is 688 g/mol. The van der Waals surface area contributed by atoms with Crippen LogP contribution in [0, 0.1) is 0 Å². The molecule has 6 rings (SSSR count). The first-order valence-electron chi connectivity index (χ1n) is 15.4. The first-order chi connectivity index (χ1) is 22.8. The molecule has 254 valence electrons. The Morgan fingerprint density at radius 1 is 1.06 bits per heavy atom. The summed E-state index contributed by atoms with van der Waals surface area (Å²) in [7, 11) is 0. The standard InChI is InChI=1S/C33H33ClF3N5O6/c34-27-16-24-29(42(27)23-8-6-22(7-9-23)26-18-48-15-14-41(26)31(45)46)38-20-40(30(24)44)19-32(47)10-12-39(13-11-32)28(43)17-25(33(35,36)37)21-4-2-1-3-5-21/h1-9,16,20,25-26,47H,10-15,17-19H2,(H,45,46). The number of aromatic nitrogens is 3. The summed E-state index contributed by atoms with van der Waals surface area (Å²) in [4.78, 5) is 45.2. The molecule has 11 nitrogen and oxygen atoms in total. The van der Waals surface area contributed by atoms with Crippen LogP contribution in [0.15, 0.2) is 71.8 Å². The normalized spacial score (nSPS) is 19.0. The van der Waals surface area contributed by atoms with Crippen LogP contribution in [0.5, 0.6) is 0 Å². The summed E-state index contributed by atoms with van der Waals surface area (Å²) in [5.74, 6) is -2.59. The van der Waals surface area contributed by atoms with Gasteiger partial charge in [0.2, 0.25) is 5.91 Å². The fraction of sp³-hybridized carbons (Fsp3) is 0.394. The number of carboxylic acid groups (broad SMARTS) is 1. The van der Waals surface area contributed by atoms with Gasteiger partial charge in [-0.1, -0.05) is 54.1 Å². The minimum Gasteiger partial charge on any atom is -0.465 e. The predicted molar refractivity (Wildman–Crippen MR) is 169 cm³/mol. The highest BCUT2D eigenvalue weighted by molar-refractivity contribution is 6.31. The van der Waals surface area contributed by atoms with E-state index in [1.807, 2.05) is 0 Å². The second kappa shape index (κ2) is 13.2. The van der Waals surface area contributed by atoms with Crippen LogP contribution in [0.2, 0.25) is 5.15 Å². The maximum atomic E-state index is 13.8. The summed E-state index contributed by atoms with van der Waals surface area (Å²) >= 11 is 6.56. The third kappa shape index (κ3) is 6.78. The van der Waals surface area contributed by atoms with Gasteiger partial charge < -0.3 is 19.8 Å². The number of ether oxygens (including phenoxy) is 1. The Kier molecular flexibility index (Phi) is 9.25. The Morgan fingerprint density at radius 2 is 1.75 bits per heavy atom. The zero-order valence-electron chi connectivity index (χ0n) is 25.6. The van der Waals surface area contributed by atoms with Crippen LogP contribution in [-0.4, -0.2) is 90.8 Å². The van der Waals surface area contributed by atoms with Crippen molar-refractivity contribution in [1.29, 1.82) is 0 Å². The summed E-state index contributed by atoms with van der Waals surface area (Å²) in [6.45, 7) is 0.754. The fourth-order valence-electron chi connectivity index (χ4n) is 6.46. The first kappa shape index (κ1) is 33.5. The number of rotatable bonds is 7. The van der Waals surface area contributed by atoms with Gasteiger partial charge in [0.05, 0.1) is 42.7 Å². The molecule has 15 heteroatoms. The van der Waals surface area contributed by atoms with E-state index in [0.29, 0.717) is 12.3 Å². The van der Waals surface area contributed by atoms with Crippen LogP contribution in [0.1, 0.15) is 42.3 Å². The van der Waals surface area contributed by atoms with Gasteiger partial charge in [0.25, 0.3) is 5.56 Å². The molecule has 0 saturated carbocycles. The van der Waals surface area contributed by atoms with E-state index in [9.17, 15) is 37.8 Å². The molecule has 2 aromatic carbocycles. The zero-order valence-corrected chi connectivity index (χ0v) is 26.4. The van der Waals surface area contributed by atoms with Crippen LogP contribution in [-0.2, 0) is 16.1 Å². The van der Waals surface area contributed by atoms with Crippen LogP contribution in [0.3, 0.4) is 0 Å². The lowest BCUT2D eigenvalue weighted by Crippen LogP contribution is -2.50. The Balaban J connectivity index is 1.14. The Hall–Kier alpha value is -4.40. The van der Waals surface area contributed by atoms with Gasteiger partial charge in [-0.25, -0.2) is 9.78 Å². The molecule has 2 amide bonds. The summed E-state index contributed by atoms with van der Waals surface area (Å²) in [5.41, 5.74) is -0.211. The molecule has 0 aliphatic carbocycles. The Morgan fingerprint density at radius 3 is 2.40 bits per heavy atom. The van der Waals surface area contributed by atoms with Gasteiger partial charge in [-0.15, -0.1) is 0 Å². The number of nitrogens with zero attached hydrogens (tertiary/aromatic N) is 5. The van der Waals surface area contributed by atoms with Crippen molar-refractivity contribution >= 4 is 34.6 Å². The number of piperidine rings is 1. The van der Waals surface area contributed by atoms with Crippen LogP contribution in [0.4, 0.5) is 18.0 Å². The number of hydrogen-bond donors (Lipinski definition) is 2. The van der Waals surface area contributed by atoms with Crippen LogP contribution in [0.25, 0.3) is 16.7 Å². The largest absolute Gasteiger partial charge is 0.465 e. The van der Waals surface area contributed by atoms with E-state index in [1.54, 1.807) is 34.9 Å². The van der Waals surface area contributed by atoms with Crippen molar-refractivity contribution in [2.24, 2.45) is 0 Å². The lowest BCUT2D eigenvalue weighted by atomic mass is 9.89. The monoisotopic (exact) mass is 687 g/mol. The van der Waals surface area contributed by atoms with Gasteiger partial charge in [0, 0.05) is 31.7 Å². The van der Waals surface area contributed by atoms with Gasteiger partial charge in [-0.05, 0) is 42.2 Å². The predicted octanol–water partition coefficient (Wildman–Crippen LogP) is 4.98. The third-order valence-corrected chi connectivity index (χ3v) is 9.42. The first-order valence-corrected chi connectivity index (χ1v) is 15.8. The lowest BCUT2D eigenvalue weighted by molar-refractivity contribution is -0.162. The van der Waals surface area contributed by atoms with Crippen LogP contribution < -0.4 is 5.56 Å². The number of carbonyl (C=O) groups excluding carboxylic acids is 1. The summed E-state index contributed by atoms with van der Waals surface area (Å²) in [5, 5.41) is 21.3. The van der Waals surface area contributed by atoms with Crippen LogP contribution >= 0.6 is 11.6 Å². The number of fused-ring (bicyclic) bond motifs is 1. The number of likely N-dealkylation sites (tertiary alicyclic amines) is 1. The highest BCUT2D eigenvalue weighted by Crippen LogP contribution is 2.38. The molecular formula is C33H33ClF3N5O6. The van der Waals surface area contributed by atoms with Crippen molar-refractivity contribution in [1.82, 2.24) is 23.9 Å². The molecule has 0 spiro atoms. The van der Waals surface area contributed by atoms with Crippen molar-refractivity contribution in [3.8, 4) is 5.69 Å². The number of hydrogen-bond acceptors (Lipinski definition) is 6. The minimum atomic E-state index is -4.60. The molecule has 2 aliphatic rings. The topological polar surface area (TPSA) is 130 Å². The van der Waals surface area contributed by atoms with E-state index in [-0.39, 0.29) is 67.4 Å². The highest BCUT2D eigenvalue weighted by atomic mass is 35.5. The molecule has 2 N–H and O–H groups in total. The van der Waals surface area contributed by atoms with Gasteiger partial charge in [0.15, 0.2) is 5.65 Å². The van der Waals surface area contributed by atoms with Gasteiger partial charge in [-0.2, -0.15) is 13.2 Å². The number of aliphatic hydroxyl groups is 1. The average Bonchev–Trinajstić information content (AvgIpc) is 3.41. The van der Waals surface area contributed by atoms with E-state index < -0.39 is 47.7 Å². The molecule has 2 aliphatic heterocycles. The highest BCUT2D eigenvalue weighted by Gasteiger charge is 2.43. The number of carbonyl (C=O) groups is 2. The number of amides is 2. The van der Waals surface area contributed by atoms with Gasteiger partial charge in [-0.3, -0.25) is 23.6 Å². The van der Waals surface area contributed by atoms with Gasteiger partial charge in [0.1, 0.15) is 11.5 Å². The Labute approximate surface area is 277 Å². The van der Waals surface area contributed by atoms with Crippen molar-refractivity contribution in [2.45, 2.75) is 49.5 Å². The second-order valence-electron chi connectivity index (χ2n) is 12.2. The third-order valence-electron chi connectivity index (χ3n) is 9.14. The number of alkyl halides is 3. The van der Waals surface area contributed by atoms with Crippen molar-refractivity contribution in [3.63, 3.8) is 0 Å².